The second-order valence-electron chi connectivity index (χ2n) is 5.96. The van der Waals surface area contributed by atoms with Gasteiger partial charge in [-0.05, 0) is 32.0 Å². The normalized spacial score (nSPS) is 19.2. The quantitative estimate of drug-likeness (QED) is 0.748. The highest BCUT2D eigenvalue weighted by Crippen LogP contribution is 2.45. The molecule has 2 N–H and O–H groups in total. The molecular formula is C17H17N3O. The zero-order valence-electron chi connectivity index (χ0n) is 12.1. The lowest BCUT2D eigenvalue weighted by Gasteiger charge is -2.28. The number of nitrogens with zero attached hydrogens (tertiary/aromatic N) is 1. The molecule has 21 heavy (non-hydrogen) atoms. The molecule has 1 aliphatic rings. The summed E-state index contributed by atoms with van der Waals surface area (Å²) in [7, 11) is 0. The Hall–Kier alpha value is -2.49. The average Bonchev–Trinajstić information content (AvgIpc) is 3.02. The SMILES string of the molecule is CC1(C)Oc2ccccc2C1Nc1cccc2[nH]ncc12. The van der Waals surface area contributed by atoms with E-state index in [0.29, 0.717) is 0 Å². The molecule has 0 aliphatic carbocycles. The molecule has 1 aliphatic heterocycles. The lowest BCUT2D eigenvalue weighted by molar-refractivity contribution is 0.118. The van der Waals surface area contributed by atoms with Crippen LogP contribution in [0.15, 0.2) is 48.7 Å². The molecule has 1 atom stereocenters. The van der Waals surface area contributed by atoms with Gasteiger partial charge in [-0.1, -0.05) is 24.3 Å². The first-order valence-corrected chi connectivity index (χ1v) is 7.12. The Bertz CT molecular complexity index is 806. The first kappa shape index (κ1) is 12.3. The highest BCUT2D eigenvalue weighted by molar-refractivity contribution is 5.91. The molecule has 0 saturated heterocycles. The first-order chi connectivity index (χ1) is 10.1. The molecule has 0 amide bonds. The number of para-hydroxylation sites is 1. The molecule has 0 bridgehead atoms. The van der Waals surface area contributed by atoms with Crippen LogP contribution in [0.3, 0.4) is 0 Å². The first-order valence-electron chi connectivity index (χ1n) is 7.12. The number of H-pyrrole nitrogens is 1. The molecule has 4 nitrogen and oxygen atoms in total. The summed E-state index contributed by atoms with van der Waals surface area (Å²) >= 11 is 0. The van der Waals surface area contributed by atoms with E-state index in [4.69, 9.17) is 4.74 Å². The lowest BCUT2D eigenvalue weighted by atomic mass is 9.94. The van der Waals surface area contributed by atoms with Crippen molar-refractivity contribution in [3.63, 3.8) is 0 Å². The molecule has 2 aromatic carbocycles. The number of fused-ring (bicyclic) bond motifs is 2. The van der Waals surface area contributed by atoms with Gasteiger partial charge in [0.05, 0.1) is 17.8 Å². The van der Waals surface area contributed by atoms with E-state index < -0.39 is 0 Å². The van der Waals surface area contributed by atoms with E-state index in [-0.39, 0.29) is 11.6 Å². The van der Waals surface area contributed by atoms with E-state index in [1.807, 2.05) is 30.5 Å². The van der Waals surface area contributed by atoms with Crippen LogP contribution in [0, 0.1) is 0 Å². The zero-order valence-corrected chi connectivity index (χ0v) is 12.1. The molecule has 106 valence electrons. The number of rotatable bonds is 2. The van der Waals surface area contributed by atoms with Crippen LogP contribution in [0.2, 0.25) is 0 Å². The van der Waals surface area contributed by atoms with E-state index in [1.165, 1.54) is 5.56 Å². The van der Waals surface area contributed by atoms with Crippen LogP contribution >= 0.6 is 0 Å². The summed E-state index contributed by atoms with van der Waals surface area (Å²) in [4.78, 5) is 0. The fraction of sp³-hybridized carbons (Fsp3) is 0.235. The monoisotopic (exact) mass is 279 g/mol. The van der Waals surface area contributed by atoms with Gasteiger partial charge in [-0.3, -0.25) is 5.10 Å². The van der Waals surface area contributed by atoms with Crippen molar-refractivity contribution in [2.75, 3.05) is 5.32 Å². The number of aromatic amines is 1. The fourth-order valence-electron chi connectivity index (χ4n) is 3.03. The topological polar surface area (TPSA) is 49.9 Å². The molecule has 1 unspecified atom stereocenters. The fourth-order valence-corrected chi connectivity index (χ4v) is 3.03. The van der Waals surface area contributed by atoms with Crippen molar-refractivity contribution >= 4 is 16.6 Å². The van der Waals surface area contributed by atoms with Gasteiger partial charge in [0, 0.05) is 16.6 Å². The van der Waals surface area contributed by atoms with Crippen LogP contribution < -0.4 is 10.1 Å². The van der Waals surface area contributed by atoms with E-state index in [1.54, 1.807) is 0 Å². The standard InChI is InChI=1S/C17H17N3O/c1-17(2)16(11-6-3-4-9-15(11)21-17)19-13-7-5-8-14-12(13)10-18-20-14/h3-10,16,19H,1-2H3,(H,18,20). The number of anilines is 1. The molecule has 2 heterocycles. The van der Waals surface area contributed by atoms with Crippen molar-refractivity contribution in [3.05, 3.63) is 54.2 Å². The van der Waals surface area contributed by atoms with Crippen molar-refractivity contribution in [2.45, 2.75) is 25.5 Å². The van der Waals surface area contributed by atoms with Crippen LogP contribution in [0.25, 0.3) is 10.9 Å². The van der Waals surface area contributed by atoms with Crippen molar-refractivity contribution in [3.8, 4) is 5.75 Å². The maximum Gasteiger partial charge on any atom is 0.128 e. The van der Waals surface area contributed by atoms with Gasteiger partial charge >= 0.3 is 0 Å². The van der Waals surface area contributed by atoms with E-state index in [9.17, 15) is 0 Å². The van der Waals surface area contributed by atoms with Gasteiger partial charge in [0.1, 0.15) is 11.4 Å². The lowest BCUT2D eigenvalue weighted by Crippen LogP contribution is -2.34. The van der Waals surface area contributed by atoms with Gasteiger partial charge in [0.15, 0.2) is 0 Å². The van der Waals surface area contributed by atoms with Crippen LogP contribution in [0.1, 0.15) is 25.5 Å². The largest absolute Gasteiger partial charge is 0.485 e. The maximum absolute atomic E-state index is 6.09. The summed E-state index contributed by atoms with van der Waals surface area (Å²) < 4.78 is 6.09. The summed E-state index contributed by atoms with van der Waals surface area (Å²) in [6, 6.07) is 14.4. The van der Waals surface area contributed by atoms with E-state index in [2.05, 4.69) is 47.6 Å². The molecule has 3 aromatic rings. The van der Waals surface area contributed by atoms with Crippen molar-refractivity contribution in [2.24, 2.45) is 0 Å². The average molecular weight is 279 g/mol. The molecule has 0 spiro atoms. The summed E-state index contributed by atoms with van der Waals surface area (Å²) in [5.41, 5.74) is 3.00. The Labute approximate surface area is 123 Å². The van der Waals surface area contributed by atoms with Gasteiger partial charge in [0.2, 0.25) is 0 Å². The molecule has 0 radical (unpaired) electrons. The van der Waals surface area contributed by atoms with Crippen molar-refractivity contribution in [1.82, 2.24) is 10.2 Å². The Kier molecular flexibility index (Phi) is 2.48. The molecule has 4 heteroatoms. The Balaban J connectivity index is 1.78. The summed E-state index contributed by atoms with van der Waals surface area (Å²) in [6.07, 6.45) is 1.85. The van der Waals surface area contributed by atoms with Gasteiger partial charge in [-0.2, -0.15) is 5.10 Å². The Morgan fingerprint density at radius 2 is 2.00 bits per heavy atom. The van der Waals surface area contributed by atoms with Crippen LogP contribution in [-0.2, 0) is 0 Å². The molecule has 1 aromatic heterocycles. The minimum Gasteiger partial charge on any atom is -0.485 e. The third-order valence-electron chi connectivity index (χ3n) is 4.08. The van der Waals surface area contributed by atoms with Gasteiger partial charge in [0.25, 0.3) is 0 Å². The van der Waals surface area contributed by atoms with Gasteiger partial charge in [-0.25, -0.2) is 0 Å². The summed E-state index contributed by atoms with van der Waals surface area (Å²) in [5.74, 6) is 0.958. The summed E-state index contributed by atoms with van der Waals surface area (Å²) in [6.45, 7) is 4.22. The second kappa shape index (κ2) is 4.25. The highest BCUT2D eigenvalue weighted by Gasteiger charge is 2.41. The molecule has 0 saturated carbocycles. The Morgan fingerprint density at radius 3 is 2.90 bits per heavy atom. The number of aromatic nitrogens is 2. The van der Waals surface area contributed by atoms with Gasteiger partial charge in [-0.15, -0.1) is 0 Å². The Morgan fingerprint density at radius 1 is 1.14 bits per heavy atom. The highest BCUT2D eigenvalue weighted by atomic mass is 16.5. The van der Waals surface area contributed by atoms with Crippen molar-refractivity contribution < 1.29 is 4.74 Å². The second-order valence-corrected chi connectivity index (χ2v) is 5.96. The maximum atomic E-state index is 6.09. The number of hydrogen-bond acceptors (Lipinski definition) is 3. The van der Waals surface area contributed by atoms with E-state index in [0.717, 1.165) is 22.3 Å². The van der Waals surface area contributed by atoms with Crippen molar-refractivity contribution in [1.29, 1.82) is 0 Å². The van der Waals surface area contributed by atoms with E-state index >= 15 is 0 Å². The molecular weight excluding hydrogens is 262 g/mol. The zero-order chi connectivity index (χ0) is 14.4. The molecule has 4 rings (SSSR count). The van der Waals surface area contributed by atoms with Crippen LogP contribution in [0.5, 0.6) is 5.75 Å². The van der Waals surface area contributed by atoms with Crippen LogP contribution in [0.4, 0.5) is 5.69 Å². The minimum atomic E-state index is -0.296. The van der Waals surface area contributed by atoms with Gasteiger partial charge < -0.3 is 10.1 Å². The van der Waals surface area contributed by atoms with Crippen LogP contribution in [-0.4, -0.2) is 15.8 Å². The number of nitrogens with one attached hydrogen (secondary N) is 2. The predicted molar refractivity (Wildman–Crippen MR) is 83.6 cm³/mol. The molecule has 0 fully saturated rings. The predicted octanol–water partition coefficient (Wildman–Crippen LogP) is 3.89. The number of ether oxygens (including phenoxy) is 1. The summed E-state index contributed by atoms with van der Waals surface area (Å²) in [5, 5.41) is 11.9. The minimum absolute atomic E-state index is 0.106. The number of benzene rings is 2. The third-order valence-corrected chi connectivity index (χ3v) is 4.08. The number of hydrogen-bond donors (Lipinski definition) is 2. The smallest absolute Gasteiger partial charge is 0.128 e. The third kappa shape index (κ3) is 1.87.